The Labute approximate surface area is 137 Å². The van der Waals surface area contributed by atoms with Gasteiger partial charge in [-0.05, 0) is 75.5 Å². The van der Waals surface area contributed by atoms with Crippen LogP contribution in [-0.4, -0.2) is 17.5 Å². The maximum absolute atomic E-state index is 6.37. The van der Waals surface area contributed by atoms with E-state index >= 15 is 0 Å². The Morgan fingerprint density at radius 3 is 1.95 bits per heavy atom. The molecule has 4 bridgehead atoms. The van der Waals surface area contributed by atoms with Crippen molar-refractivity contribution >= 4 is 23.2 Å². The fourth-order valence-electron chi connectivity index (χ4n) is 5.62. The smallest absolute Gasteiger partial charge is 0.0465 e. The van der Waals surface area contributed by atoms with E-state index in [1.54, 1.807) is 0 Å². The lowest BCUT2D eigenvalue weighted by Crippen LogP contribution is -2.58. The van der Waals surface area contributed by atoms with Crippen molar-refractivity contribution in [1.82, 2.24) is 4.90 Å². The quantitative estimate of drug-likeness (QED) is 0.720. The Bertz CT molecular complexity index is 499. The molecule has 0 atom stereocenters. The number of hydrogen-bond donors (Lipinski definition) is 0. The molecule has 0 amide bonds. The largest absolute Gasteiger partial charge is 0.296 e. The molecule has 0 saturated heterocycles. The van der Waals surface area contributed by atoms with E-state index in [9.17, 15) is 0 Å². The predicted octanol–water partition coefficient (Wildman–Crippen LogP) is 5.39. The van der Waals surface area contributed by atoms with Crippen LogP contribution in [0.1, 0.15) is 44.1 Å². The summed E-state index contributed by atoms with van der Waals surface area (Å²) in [5.74, 6) is 2.92. The molecule has 3 heteroatoms. The summed E-state index contributed by atoms with van der Waals surface area (Å²) >= 11 is 12.7. The van der Waals surface area contributed by atoms with Crippen LogP contribution in [0.3, 0.4) is 0 Å². The van der Waals surface area contributed by atoms with Crippen LogP contribution in [0.15, 0.2) is 18.2 Å². The first-order chi connectivity index (χ1) is 10.1. The van der Waals surface area contributed by atoms with Crippen LogP contribution in [0.5, 0.6) is 0 Å². The molecule has 0 N–H and O–H groups in total. The Hall–Kier alpha value is -0.240. The minimum Gasteiger partial charge on any atom is -0.296 e. The van der Waals surface area contributed by atoms with E-state index < -0.39 is 0 Å². The molecule has 0 unspecified atom stereocenters. The van der Waals surface area contributed by atoms with Crippen molar-refractivity contribution in [2.45, 2.75) is 50.6 Å². The summed E-state index contributed by atoms with van der Waals surface area (Å²) in [6.07, 6.45) is 8.62. The molecule has 1 nitrogen and oxygen atoms in total. The third kappa shape index (κ3) is 2.42. The van der Waals surface area contributed by atoms with Crippen LogP contribution in [0.4, 0.5) is 0 Å². The first kappa shape index (κ1) is 14.4. The number of nitrogens with zero attached hydrogens (tertiary/aromatic N) is 1. The molecule has 114 valence electrons. The molecule has 0 aliphatic heterocycles. The van der Waals surface area contributed by atoms with Gasteiger partial charge in [-0.15, -0.1) is 0 Å². The fraction of sp³-hybridized carbons (Fsp3) is 0.667. The molecule has 5 rings (SSSR count). The molecule has 4 aliphatic rings. The minimum absolute atomic E-state index is 0.414. The van der Waals surface area contributed by atoms with Gasteiger partial charge in [-0.1, -0.05) is 29.3 Å². The zero-order valence-electron chi connectivity index (χ0n) is 12.6. The summed E-state index contributed by atoms with van der Waals surface area (Å²) in [6, 6.07) is 5.84. The zero-order chi connectivity index (χ0) is 14.6. The Balaban J connectivity index is 1.59. The van der Waals surface area contributed by atoms with E-state index in [0.29, 0.717) is 5.54 Å². The lowest BCUT2D eigenvalue weighted by atomic mass is 9.52. The van der Waals surface area contributed by atoms with Gasteiger partial charge in [0, 0.05) is 27.7 Å². The second kappa shape index (κ2) is 5.15. The molecule has 1 aromatic carbocycles. The van der Waals surface area contributed by atoms with Crippen LogP contribution in [0.2, 0.25) is 10.0 Å². The van der Waals surface area contributed by atoms with Gasteiger partial charge in [0.2, 0.25) is 0 Å². The molecule has 1 aromatic rings. The third-order valence-corrected chi connectivity index (χ3v) is 6.98. The Morgan fingerprint density at radius 1 is 1.00 bits per heavy atom. The molecule has 21 heavy (non-hydrogen) atoms. The van der Waals surface area contributed by atoms with Gasteiger partial charge in [0.05, 0.1) is 0 Å². The molecular formula is C18H23Cl2N. The van der Waals surface area contributed by atoms with Crippen LogP contribution in [0, 0.1) is 17.8 Å². The van der Waals surface area contributed by atoms with Crippen LogP contribution in [-0.2, 0) is 6.54 Å². The van der Waals surface area contributed by atoms with Gasteiger partial charge < -0.3 is 0 Å². The van der Waals surface area contributed by atoms with Crippen LogP contribution >= 0.6 is 23.2 Å². The van der Waals surface area contributed by atoms with E-state index in [1.807, 2.05) is 18.2 Å². The zero-order valence-corrected chi connectivity index (χ0v) is 14.1. The maximum atomic E-state index is 6.37. The van der Waals surface area contributed by atoms with Crippen molar-refractivity contribution in [3.63, 3.8) is 0 Å². The van der Waals surface area contributed by atoms with Gasteiger partial charge in [-0.25, -0.2) is 0 Å². The van der Waals surface area contributed by atoms with Gasteiger partial charge in [-0.2, -0.15) is 0 Å². The average Bonchev–Trinajstić information content (AvgIpc) is 2.41. The molecule has 4 aliphatic carbocycles. The monoisotopic (exact) mass is 323 g/mol. The van der Waals surface area contributed by atoms with Crippen molar-refractivity contribution in [1.29, 1.82) is 0 Å². The topological polar surface area (TPSA) is 3.24 Å². The van der Waals surface area contributed by atoms with Gasteiger partial charge in [-0.3, -0.25) is 4.90 Å². The van der Waals surface area contributed by atoms with Gasteiger partial charge in [0.25, 0.3) is 0 Å². The molecular weight excluding hydrogens is 301 g/mol. The summed E-state index contributed by atoms with van der Waals surface area (Å²) < 4.78 is 0. The van der Waals surface area contributed by atoms with E-state index in [0.717, 1.165) is 39.9 Å². The van der Waals surface area contributed by atoms with Crippen molar-refractivity contribution in [3.8, 4) is 0 Å². The van der Waals surface area contributed by atoms with E-state index in [-0.39, 0.29) is 0 Å². The fourth-order valence-corrected chi connectivity index (χ4v) is 6.14. The SMILES string of the molecule is CN(Cc1c(Cl)cccc1Cl)C12CC3CC(CC(C3)C1)C2. The van der Waals surface area contributed by atoms with Gasteiger partial charge >= 0.3 is 0 Å². The molecule has 0 spiro atoms. The highest BCUT2D eigenvalue weighted by molar-refractivity contribution is 6.35. The summed E-state index contributed by atoms with van der Waals surface area (Å²) in [4.78, 5) is 2.57. The lowest BCUT2D eigenvalue weighted by molar-refractivity contribution is -0.0821. The second-order valence-electron chi connectivity index (χ2n) is 7.70. The van der Waals surface area contributed by atoms with Crippen molar-refractivity contribution in [3.05, 3.63) is 33.8 Å². The standard InChI is InChI=1S/C18H23Cl2N/c1-21(11-15-16(19)3-2-4-17(15)20)18-8-12-5-13(9-18)7-14(6-12)10-18/h2-4,12-14H,5-11H2,1H3. The molecule has 4 saturated carbocycles. The predicted molar refractivity (Wildman–Crippen MR) is 88.8 cm³/mol. The van der Waals surface area contributed by atoms with E-state index in [1.165, 1.54) is 38.5 Å². The molecule has 0 radical (unpaired) electrons. The van der Waals surface area contributed by atoms with E-state index in [4.69, 9.17) is 23.2 Å². The summed E-state index contributed by atoms with van der Waals surface area (Å²) in [6.45, 7) is 0.880. The highest BCUT2D eigenvalue weighted by atomic mass is 35.5. The normalized spacial score (nSPS) is 37.4. The third-order valence-electron chi connectivity index (χ3n) is 6.27. The van der Waals surface area contributed by atoms with Crippen LogP contribution in [0.25, 0.3) is 0 Å². The summed E-state index contributed by atoms with van der Waals surface area (Å²) in [7, 11) is 2.28. The van der Waals surface area contributed by atoms with Gasteiger partial charge in [0.1, 0.15) is 0 Å². The highest BCUT2D eigenvalue weighted by Gasteiger charge is 2.52. The summed E-state index contributed by atoms with van der Waals surface area (Å²) in [5.41, 5.74) is 1.51. The average molecular weight is 324 g/mol. The van der Waals surface area contributed by atoms with E-state index in [2.05, 4.69) is 11.9 Å². The maximum Gasteiger partial charge on any atom is 0.0465 e. The number of halogens is 2. The first-order valence-electron chi connectivity index (χ1n) is 8.20. The summed E-state index contributed by atoms with van der Waals surface area (Å²) in [5, 5.41) is 1.61. The van der Waals surface area contributed by atoms with Crippen LogP contribution < -0.4 is 0 Å². The van der Waals surface area contributed by atoms with Crippen molar-refractivity contribution in [2.24, 2.45) is 17.8 Å². The van der Waals surface area contributed by atoms with Crippen molar-refractivity contribution in [2.75, 3.05) is 7.05 Å². The second-order valence-corrected chi connectivity index (χ2v) is 8.51. The Kier molecular flexibility index (Phi) is 3.52. The minimum atomic E-state index is 0.414. The van der Waals surface area contributed by atoms with Crippen molar-refractivity contribution < 1.29 is 0 Å². The Morgan fingerprint density at radius 2 is 1.48 bits per heavy atom. The molecule has 0 aromatic heterocycles. The number of hydrogen-bond acceptors (Lipinski definition) is 1. The highest BCUT2D eigenvalue weighted by Crippen LogP contribution is 2.57. The lowest BCUT2D eigenvalue weighted by Gasteiger charge is -2.60. The molecule has 4 fully saturated rings. The number of rotatable bonds is 3. The molecule has 0 heterocycles. The van der Waals surface area contributed by atoms with Gasteiger partial charge in [0.15, 0.2) is 0 Å². The first-order valence-corrected chi connectivity index (χ1v) is 8.95. The number of benzene rings is 1.